The number of likely N-dealkylation sites (tertiary alicyclic amines) is 1. The maximum atomic E-state index is 12.8. The molecule has 0 radical (unpaired) electrons. The maximum absolute atomic E-state index is 12.8. The Morgan fingerprint density at radius 2 is 2.04 bits per heavy atom. The number of rotatable bonds is 2. The molecule has 1 aromatic heterocycles. The van der Waals surface area contributed by atoms with Crippen molar-refractivity contribution in [3.63, 3.8) is 0 Å². The van der Waals surface area contributed by atoms with Crippen LogP contribution in [0.4, 0.5) is 0 Å². The van der Waals surface area contributed by atoms with Gasteiger partial charge in [-0.3, -0.25) is 14.5 Å². The average Bonchev–Trinajstić information content (AvgIpc) is 2.78. The highest BCUT2D eigenvalue weighted by molar-refractivity contribution is 5.92. The number of aromatic nitrogens is 1. The van der Waals surface area contributed by atoms with Gasteiger partial charge in [0.2, 0.25) is 0 Å². The van der Waals surface area contributed by atoms with Crippen LogP contribution >= 0.6 is 0 Å². The molecule has 1 amide bonds. The summed E-state index contributed by atoms with van der Waals surface area (Å²) in [6.45, 7) is 8.46. The summed E-state index contributed by atoms with van der Waals surface area (Å²) in [5, 5.41) is 0. The number of ether oxygens (including phenoxy) is 1. The van der Waals surface area contributed by atoms with Crippen LogP contribution in [0.25, 0.3) is 0 Å². The van der Waals surface area contributed by atoms with Crippen molar-refractivity contribution in [1.29, 1.82) is 0 Å². The summed E-state index contributed by atoms with van der Waals surface area (Å²) in [6.07, 6.45) is 1.03. The van der Waals surface area contributed by atoms with Gasteiger partial charge >= 0.3 is 0 Å². The van der Waals surface area contributed by atoms with Gasteiger partial charge in [0.25, 0.3) is 11.5 Å². The monoisotopic (exact) mass is 333 g/mol. The highest BCUT2D eigenvalue weighted by Gasteiger charge is 2.36. The first-order valence-electron chi connectivity index (χ1n) is 8.78. The molecule has 6 heteroatoms. The van der Waals surface area contributed by atoms with Crippen molar-refractivity contribution in [1.82, 2.24) is 14.4 Å². The summed E-state index contributed by atoms with van der Waals surface area (Å²) in [4.78, 5) is 28.9. The topological polar surface area (TPSA) is 54.8 Å². The van der Waals surface area contributed by atoms with Crippen LogP contribution < -0.4 is 5.56 Å². The Labute approximate surface area is 143 Å². The number of amides is 1. The normalized spacial score (nSPS) is 25.4. The van der Waals surface area contributed by atoms with Crippen LogP contribution in [0.1, 0.15) is 30.8 Å². The van der Waals surface area contributed by atoms with Gasteiger partial charge in [-0.25, -0.2) is 0 Å². The van der Waals surface area contributed by atoms with Crippen molar-refractivity contribution in [2.45, 2.75) is 32.4 Å². The third kappa shape index (κ3) is 3.39. The van der Waals surface area contributed by atoms with Gasteiger partial charge < -0.3 is 14.2 Å². The molecule has 0 aromatic carbocycles. The molecule has 2 saturated heterocycles. The van der Waals surface area contributed by atoms with E-state index in [0.717, 1.165) is 26.1 Å². The second-order valence-corrected chi connectivity index (χ2v) is 7.11. The lowest BCUT2D eigenvalue weighted by molar-refractivity contribution is -0.0174. The first-order valence-corrected chi connectivity index (χ1v) is 8.78. The maximum Gasteiger partial charge on any atom is 0.270 e. The number of pyridine rings is 1. The Morgan fingerprint density at radius 1 is 1.25 bits per heavy atom. The highest BCUT2D eigenvalue weighted by Crippen LogP contribution is 2.25. The van der Waals surface area contributed by atoms with E-state index in [1.165, 1.54) is 10.6 Å². The molecule has 2 fully saturated rings. The predicted octanol–water partition coefficient (Wildman–Crippen LogP) is 0.957. The van der Waals surface area contributed by atoms with Crippen LogP contribution in [-0.4, -0.2) is 65.2 Å². The lowest BCUT2D eigenvalue weighted by Crippen LogP contribution is -2.50. The Kier molecular flexibility index (Phi) is 5.06. The van der Waals surface area contributed by atoms with Crippen molar-refractivity contribution in [3.05, 3.63) is 34.2 Å². The van der Waals surface area contributed by atoms with E-state index in [1.54, 1.807) is 19.2 Å². The van der Waals surface area contributed by atoms with Gasteiger partial charge in [0.15, 0.2) is 0 Å². The van der Waals surface area contributed by atoms with Gasteiger partial charge in [0, 0.05) is 51.3 Å². The lowest BCUT2D eigenvalue weighted by Gasteiger charge is -2.38. The van der Waals surface area contributed by atoms with Gasteiger partial charge in [-0.05, 0) is 26.3 Å². The summed E-state index contributed by atoms with van der Waals surface area (Å²) in [5.74, 6) is 0.390. The van der Waals surface area contributed by atoms with E-state index in [2.05, 4.69) is 18.7 Å². The van der Waals surface area contributed by atoms with Gasteiger partial charge in [-0.1, -0.05) is 6.07 Å². The van der Waals surface area contributed by atoms with E-state index in [4.69, 9.17) is 4.74 Å². The number of hydrogen-bond acceptors (Lipinski definition) is 4. The Bertz CT molecular complexity index is 655. The fourth-order valence-electron chi connectivity index (χ4n) is 3.67. The molecular formula is C18H27N3O3. The molecule has 2 unspecified atom stereocenters. The zero-order valence-corrected chi connectivity index (χ0v) is 14.8. The first kappa shape index (κ1) is 17.2. The summed E-state index contributed by atoms with van der Waals surface area (Å²) in [5.41, 5.74) is 0.285. The Morgan fingerprint density at radius 3 is 2.79 bits per heavy atom. The van der Waals surface area contributed by atoms with Crippen molar-refractivity contribution >= 4 is 5.91 Å². The number of hydrogen-bond donors (Lipinski definition) is 0. The summed E-state index contributed by atoms with van der Waals surface area (Å²) in [7, 11) is 1.64. The minimum atomic E-state index is -0.158. The largest absolute Gasteiger partial charge is 0.375 e. The fourth-order valence-corrected chi connectivity index (χ4v) is 3.67. The third-order valence-electron chi connectivity index (χ3n) is 5.30. The Hall–Kier alpha value is -1.66. The standard InChI is InChI=1S/C18H27N3O3/c1-13(2)20-9-10-24-16-12-21(8-7-14(16)11-20)18(23)15-5-4-6-17(22)19(15)3/h4-6,13-14,16H,7-12H2,1-3H3. The molecule has 0 N–H and O–H groups in total. The zero-order valence-electron chi connectivity index (χ0n) is 14.8. The SMILES string of the molecule is CC(C)N1CCOC2CN(C(=O)c3cccc(=O)n3C)CCC2C1. The molecule has 132 valence electrons. The quantitative estimate of drug-likeness (QED) is 0.809. The van der Waals surface area contributed by atoms with E-state index in [9.17, 15) is 9.59 Å². The van der Waals surface area contributed by atoms with Crippen LogP contribution in [0.15, 0.2) is 23.0 Å². The number of nitrogens with zero attached hydrogens (tertiary/aromatic N) is 3. The van der Waals surface area contributed by atoms with Crippen LogP contribution in [0.3, 0.4) is 0 Å². The minimum absolute atomic E-state index is 0.0813. The van der Waals surface area contributed by atoms with Crippen LogP contribution in [-0.2, 0) is 11.8 Å². The molecule has 6 nitrogen and oxygen atoms in total. The molecule has 2 aliphatic heterocycles. The molecule has 3 rings (SSSR count). The van der Waals surface area contributed by atoms with Crippen LogP contribution in [0.2, 0.25) is 0 Å². The predicted molar refractivity (Wildman–Crippen MR) is 92.1 cm³/mol. The second-order valence-electron chi connectivity index (χ2n) is 7.11. The van der Waals surface area contributed by atoms with E-state index in [-0.39, 0.29) is 17.6 Å². The van der Waals surface area contributed by atoms with Gasteiger partial charge in [0.05, 0.1) is 12.7 Å². The number of fused-ring (bicyclic) bond motifs is 1. The lowest BCUT2D eigenvalue weighted by atomic mass is 9.92. The van der Waals surface area contributed by atoms with E-state index in [1.807, 2.05) is 4.90 Å². The number of carbonyl (C=O) groups excluding carboxylic acids is 1. The van der Waals surface area contributed by atoms with Crippen molar-refractivity contribution in [3.8, 4) is 0 Å². The molecule has 0 saturated carbocycles. The molecule has 2 atom stereocenters. The zero-order chi connectivity index (χ0) is 17.3. The molecule has 3 heterocycles. The molecule has 0 aliphatic carbocycles. The Balaban J connectivity index is 1.72. The van der Waals surface area contributed by atoms with Gasteiger partial charge in [-0.15, -0.1) is 0 Å². The molecule has 1 aromatic rings. The summed E-state index contributed by atoms with van der Waals surface area (Å²) < 4.78 is 7.47. The minimum Gasteiger partial charge on any atom is -0.375 e. The smallest absolute Gasteiger partial charge is 0.270 e. The van der Waals surface area contributed by atoms with Gasteiger partial charge in [-0.2, -0.15) is 0 Å². The van der Waals surface area contributed by atoms with Crippen molar-refractivity contribution in [2.75, 3.05) is 32.8 Å². The van der Waals surface area contributed by atoms with Crippen molar-refractivity contribution in [2.24, 2.45) is 13.0 Å². The van der Waals surface area contributed by atoms with E-state index < -0.39 is 0 Å². The first-order chi connectivity index (χ1) is 11.5. The molecular weight excluding hydrogens is 306 g/mol. The average molecular weight is 333 g/mol. The fraction of sp³-hybridized carbons (Fsp3) is 0.667. The summed E-state index contributed by atoms with van der Waals surface area (Å²) >= 11 is 0. The van der Waals surface area contributed by atoms with Crippen molar-refractivity contribution < 1.29 is 9.53 Å². The highest BCUT2D eigenvalue weighted by atomic mass is 16.5. The molecule has 2 aliphatic rings. The summed E-state index contributed by atoms with van der Waals surface area (Å²) in [6, 6.07) is 5.35. The molecule has 24 heavy (non-hydrogen) atoms. The van der Waals surface area contributed by atoms with Crippen LogP contribution in [0.5, 0.6) is 0 Å². The number of piperidine rings is 1. The molecule has 0 bridgehead atoms. The van der Waals surface area contributed by atoms with Crippen LogP contribution in [0, 0.1) is 5.92 Å². The third-order valence-corrected chi connectivity index (χ3v) is 5.30. The van der Waals surface area contributed by atoms with Gasteiger partial charge in [0.1, 0.15) is 5.69 Å². The van der Waals surface area contributed by atoms with E-state index in [0.29, 0.717) is 30.8 Å². The van der Waals surface area contributed by atoms with E-state index >= 15 is 0 Å². The molecule has 0 spiro atoms. The second kappa shape index (κ2) is 7.07. The number of carbonyl (C=O) groups is 1.